The molecule has 7 heteroatoms. The van der Waals surface area contributed by atoms with Gasteiger partial charge in [-0.1, -0.05) is 61.0 Å². The summed E-state index contributed by atoms with van der Waals surface area (Å²) in [5.41, 5.74) is 3.62. The van der Waals surface area contributed by atoms with Crippen LogP contribution in [-0.2, 0) is 18.5 Å². The van der Waals surface area contributed by atoms with Crippen molar-refractivity contribution in [2.75, 3.05) is 20.3 Å². The fourth-order valence-electron chi connectivity index (χ4n) is 2.68. The van der Waals surface area contributed by atoms with E-state index < -0.39 is 0 Å². The van der Waals surface area contributed by atoms with E-state index in [4.69, 9.17) is 26.8 Å². The predicted octanol–water partition coefficient (Wildman–Crippen LogP) is 4.29. The van der Waals surface area contributed by atoms with Crippen molar-refractivity contribution in [2.45, 2.75) is 39.3 Å². The van der Waals surface area contributed by atoms with Gasteiger partial charge in [-0.2, -0.15) is 0 Å². The molecule has 0 amide bonds. The summed E-state index contributed by atoms with van der Waals surface area (Å²) < 4.78 is 11.7. The van der Waals surface area contributed by atoms with Crippen molar-refractivity contribution in [1.82, 2.24) is 10.6 Å². The Morgan fingerprint density at radius 2 is 1.72 bits per heavy atom. The number of methoxy groups -OCH3 is 1. The fourth-order valence-corrected chi connectivity index (χ4v) is 3.29. The van der Waals surface area contributed by atoms with E-state index >= 15 is 0 Å². The Kier molecular flexibility index (Phi) is 8.74. The van der Waals surface area contributed by atoms with E-state index in [1.165, 1.54) is 11.1 Å². The lowest BCUT2D eigenvalue weighted by atomic mass is 9.87. The molecular formula is C22H29BrN2O3S. The first kappa shape index (κ1) is 23.4. The first-order chi connectivity index (χ1) is 13.7. The van der Waals surface area contributed by atoms with Crippen molar-refractivity contribution >= 4 is 33.3 Å². The van der Waals surface area contributed by atoms with Gasteiger partial charge >= 0.3 is 0 Å². The number of hydrogen-bond acceptors (Lipinski definition) is 4. The lowest BCUT2D eigenvalue weighted by Gasteiger charge is -2.19. The van der Waals surface area contributed by atoms with Gasteiger partial charge in [-0.15, -0.1) is 0 Å². The molecule has 0 saturated carbocycles. The van der Waals surface area contributed by atoms with Gasteiger partial charge in [0.25, 0.3) is 0 Å². The molecule has 0 heterocycles. The molecule has 0 fully saturated rings. The van der Waals surface area contributed by atoms with Gasteiger partial charge in [-0.05, 0) is 46.5 Å². The van der Waals surface area contributed by atoms with Crippen molar-refractivity contribution in [3.05, 3.63) is 57.6 Å². The second kappa shape index (κ2) is 10.8. The van der Waals surface area contributed by atoms with E-state index in [1.54, 1.807) is 7.11 Å². The molecule has 0 bridgehead atoms. The summed E-state index contributed by atoms with van der Waals surface area (Å²) in [5.74, 6) is 1.19. The first-order valence-corrected chi connectivity index (χ1v) is 10.7. The standard InChI is InChI=1S/C22H29BrN2O3S/c1-22(2,3)17-7-5-15(6-8-17)13-24-21(29)25-14-16-11-19(27-4)20(12-18(16)23)28-10-9-26/h5-8,11-12,26H,9-10,13-14H2,1-4H3,(H2,24,25,29). The van der Waals surface area contributed by atoms with Crippen LogP contribution in [0.2, 0.25) is 0 Å². The highest BCUT2D eigenvalue weighted by atomic mass is 79.9. The van der Waals surface area contributed by atoms with Crippen LogP contribution in [0.3, 0.4) is 0 Å². The molecule has 5 nitrogen and oxygen atoms in total. The maximum absolute atomic E-state index is 8.93. The summed E-state index contributed by atoms with van der Waals surface area (Å²) >= 11 is 8.95. The molecule has 29 heavy (non-hydrogen) atoms. The summed E-state index contributed by atoms with van der Waals surface area (Å²) in [7, 11) is 1.59. The number of hydrogen-bond donors (Lipinski definition) is 3. The van der Waals surface area contributed by atoms with Crippen molar-refractivity contribution in [3.63, 3.8) is 0 Å². The van der Waals surface area contributed by atoms with Gasteiger partial charge in [0.05, 0.1) is 13.7 Å². The molecule has 0 aliphatic rings. The molecule has 0 unspecified atom stereocenters. The Morgan fingerprint density at radius 3 is 2.31 bits per heavy atom. The molecular weight excluding hydrogens is 452 g/mol. The highest BCUT2D eigenvalue weighted by Gasteiger charge is 2.13. The molecule has 2 aromatic rings. The SMILES string of the molecule is COc1cc(CNC(=S)NCc2ccc(C(C)(C)C)cc2)c(Br)cc1OCCO. The number of aliphatic hydroxyl groups is 1. The van der Waals surface area contributed by atoms with Crippen molar-refractivity contribution < 1.29 is 14.6 Å². The molecule has 0 atom stereocenters. The summed E-state index contributed by atoms with van der Waals surface area (Å²) in [6.07, 6.45) is 0. The Bertz CT molecular complexity index is 820. The maximum Gasteiger partial charge on any atom is 0.166 e. The highest BCUT2D eigenvalue weighted by molar-refractivity contribution is 9.10. The molecule has 0 aliphatic heterocycles. The van der Waals surface area contributed by atoms with E-state index in [1.807, 2.05) is 12.1 Å². The molecule has 158 valence electrons. The quantitative estimate of drug-likeness (QED) is 0.489. The molecule has 0 aliphatic carbocycles. The number of thiocarbonyl (C=S) groups is 1. The minimum Gasteiger partial charge on any atom is -0.493 e. The number of aliphatic hydroxyl groups excluding tert-OH is 1. The topological polar surface area (TPSA) is 62.8 Å². The minimum absolute atomic E-state index is 0.0526. The van der Waals surface area contributed by atoms with E-state index in [0.717, 1.165) is 10.0 Å². The van der Waals surface area contributed by atoms with Gasteiger partial charge in [0.2, 0.25) is 0 Å². The third-order valence-electron chi connectivity index (χ3n) is 4.39. The summed E-state index contributed by atoms with van der Waals surface area (Å²) in [6.45, 7) is 7.97. The number of benzene rings is 2. The van der Waals surface area contributed by atoms with Crippen LogP contribution in [0.25, 0.3) is 0 Å². The van der Waals surface area contributed by atoms with Crippen molar-refractivity contribution in [1.29, 1.82) is 0 Å². The number of halogens is 1. The average molecular weight is 481 g/mol. The largest absolute Gasteiger partial charge is 0.493 e. The number of nitrogens with one attached hydrogen (secondary N) is 2. The molecule has 2 aromatic carbocycles. The average Bonchev–Trinajstić information content (AvgIpc) is 2.69. The first-order valence-electron chi connectivity index (χ1n) is 9.45. The van der Waals surface area contributed by atoms with Crippen LogP contribution in [0.15, 0.2) is 40.9 Å². The Hall–Kier alpha value is -1.83. The third kappa shape index (κ3) is 7.17. The Morgan fingerprint density at radius 1 is 1.07 bits per heavy atom. The highest BCUT2D eigenvalue weighted by Crippen LogP contribution is 2.33. The maximum atomic E-state index is 8.93. The zero-order chi connectivity index (χ0) is 21.4. The van der Waals surface area contributed by atoms with E-state index in [2.05, 4.69) is 71.6 Å². The van der Waals surface area contributed by atoms with Gasteiger partial charge in [-0.3, -0.25) is 0 Å². The lowest BCUT2D eigenvalue weighted by Crippen LogP contribution is -2.34. The summed E-state index contributed by atoms with van der Waals surface area (Å²) in [5, 5.41) is 16.0. The van der Waals surface area contributed by atoms with Crippen LogP contribution in [0, 0.1) is 0 Å². The van der Waals surface area contributed by atoms with Crippen LogP contribution in [0.1, 0.15) is 37.5 Å². The minimum atomic E-state index is -0.0526. The number of ether oxygens (including phenoxy) is 2. The summed E-state index contributed by atoms with van der Waals surface area (Å²) in [6, 6.07) is 12.3. The van der Waals surface area contributed by atoms with E-state index in [0.29, 0.717) is 29.7 Å². The van der Waals surface area contributed by atoms with Gasteiger partial charge in [-0.25, -0.2) is 0 Å². The molecule has 0 saturated heterocycles. The smallest absolute Gasteiger partial charge is 0.166 e. The molecule has 2 rings (SSSR count). The lowest BCUT2D eigenvalue weighted by molar-refractivity contribution is 0.196. The van der Waals surface area contributed by atoms with Crippen LogP contribution in [0.5, 0.6) is 11.5 Å². The second-order valence-electron chi connectivity index (χ2n) is 7.65. The van der Waals surface area contributed by atoms with E-state index in [9.17, 15) is 0 Å². The van der Waals surface area contributed by atoms with Gasteiger partial charge in [0.15, 0.2) is 16.6 Å². The predicted molar refractivity (Wildman–Crippen MR) is 125 cm³/mol. The van der Waals surface area contributed by atoms with Gasteiger partial charge in [0.1, 0.15) is 6.61 Å². The summed E-state index contributed by atoms with van der Waals surface area (Å²) in [4.78, 5) is 0. The van der Waals surface area contributed by atoms with Crippen LogP contribution >= 0.6 is 28.1 Å². The van der Waals surface area contributed by atoms with Crippen LogP contribution in [0.4, 0.5) is 0 Å². The molecule has 3 N–H and O–H groups in total. The van der Waals surface area contributed by atoms with Gasteiger partial charge in [0, 0.05) is 17.6 Å². The Labute approximate surface area is 186 Å². The zero-order valence-corrected chi connectivity index (χ0v) is 19.7. The monoisotopic (exact) mass is 480 g/mol. The number of rotatable bonds is 8. The van der Waals surface area contributed by atoms with Crippen LogP contribution in [-0.4, -0.2) is 30.5 Å². The second-order valence-corrected chi connectivity index (χ2v) is 8.91. The van der Waals surface area contributed by atoms with Gasteiger partial charge < -0.3 is 25.2 Å². The fraction of sp³-hybridized carbons (Fsp3) is 0.409. The zero-order valence-electron chi connectivity index (χ0n) is 17.3. The van der Waals surface area contributed by atoms with E-state index in [-0.39, 0.29) is 18.6 Å². The Balaban J connectivity index is 1.90. The third-order valence-corrected chi connectivity index (χ3v) is 5.42. The van der Waals surface area contributed by atoms with Crippen LogP contribution < -0.4 is 20.1 Å². The molecule has 0 aromatic heterocycles. The van der Waals surface area contributed by atoms with Crippen molar-refractivity contribution in [2.24, 2.45) is 0 Å². The van der Waals surface area contributed by atoms with Crippen molar-refractivity contribution in [3.8, 4) is 11.5 Å². The molecule has 0 radical (unpaired) electrons. The normalized spacial score (nSPS) is 11.1. The molecule has 0 spiro atoms.